The molecule has 2 nitrogen and oxygen atoms in total. The highest BCUT2D eigenvalue weighted by Crippen LogP contribution is 2.29. The van der Waals surface area contributed by atoms with Crippen LogP contribution in [0.1, 0.15) is 32.4 Å². The molecule has 0 heterocycles. The lowest BCUT2D eigenvalue weighted by Gasteiger charge is -2.30. The molecule has 0 N–H and O–H groups in total. The third-order valence-corrected chi connectivity index (χ3v) is 8.12. The molecule has 0 aliphatic heterocycles. The molecular formula is C14H21NOSi. The second-order valence-electron chi connectivity index (χ2n) is 4.28. The number of benzene rings is 1. The summed E-state index contributed by atoms with van der Waals surface area (Å²) in [6.07, 6.45) is -0.400. The van der Waals surface area contributed by atoms with Gasteiger partial charge in [0.15, 0.2) is 14.4 Å². The Hall–Kier alpha value is -1.11. The molecule has 1 rings (SSSR count). The van der Waals surface area contributed by atoms with E-state index in [1.807, 2.05) is 30.3 Å². The third kappa shape index (κ3) is 3.42. The molecule has 3 heteroatoms. The molecule has 17 heavy (non-hydrogen) atoms. The zero-order valence-electron chi connectivity index (χ0n) is 10.9. The predicted octanol–water partition coefficient (Wildman–Crippen LogP) is 4.27. The van der Waals surface area contributed by atoms with E-state index in [0.29, 0.717) is 0 Å². The van der Waals surface area contributed by atoms with Gasteiger partial charge in [0.1, 0.15) is 0 Å². The average Bonchev–Trinajstić information content (AvgIpc) is 2.42. The smallest absolute Gasteiger partial charge is 0.194 e. The molecule has 0 fully saturated rings. The number of hydrogen-bond acceptors (Lipinski definition) is 2. The Morgan fingerprint density at radius 2 is 1.65 bits per heavy atom. The summed E-state index contributed by atoms with van der Waals surface area (Å²) in [5.41, 5.74) is 0.974. The second kappa shape index (κ2) is 6.58. The zero-order valence-corrected chi connectivity index (χ0v) is 11.9. The topological polar surface area (TPSA) is 33.0 Å². The van der Waals surface area contributed by atoms with E-state index in [4.69, 9.17) is 4.43 Å². The fraction of sp³-hybridized carbons (Fsp3) is 0.500. The van der Waals surface area contributed by atoms with E-state index in [9.17, 15) is 5.26 Å². The normalized spacial score (nSPS) is 13.1. The minimum absolute atomic E-state index is 0.400. The molecular weight excluding hydrogens is 226 g/mol. The molecule has 0 spiro atoms. The van der Waals surface area contributed by atoms with Crippen molar-refractivity contribution in [2.75, 3.05) is 0 Å². The largest absolute Gasteiger partial charge is 0.398 e. The van der Waals surface area contributed by atoms with Crippen LogP contribution in [0, 0.1) is 11.3 Å². The van der Waals surface area contributed by atoms with Gasteiger partial charge in [0, 0.05) is 0 Å². The minimum Gasteiger partial charge on any atom is -0.398 e. The molecule has 0 bridgehead atoms. The molecule has 1 unspecified atom stereocenters. The van der Waals surface area contributed by atoms with Gasteiger partial charge < -0.3 is 4.43 Å². The number of nitriles is 1. The highest BCUT2D eigenvalue weighted by Gasteiger charge is 2.32. The van der Waals surface area contributed by atoms with Crippen LogP contribution < -0.4 is 0 Å². The lowest BCUT2D eigenvalue weighted by Crippen LogP contribution is -2.37. The summed E-state index contributed by atoms with van der Waals surface area (Å²) in [5.74, 6) is 0. The molecule has 1 atom stereocenters. The maximum atomic E-state index is 9.28. The Bertz CT molecular complexity index is 359. The predicted molar refractivity (Wildman–Crippen MR) is 73.1 cm³/mol. The van der Waals surface area contributed by atoms with Crippen LogP contribution in [0.3, 0.4) is 0 Å². The minimum atomic E-state index is -1.71. The van der Waals surface area contributed by atoms with Gasteiger partial charge >= 0.3 is 0 Å². The van der Waals surface area contributed by atoms with Crippen LogP contribution in [-0.2, 0) is 4.43 Å². The highest BCUT2D eigenvalue weighted by atomic mass is 28.4. The van der Waals surface area contributed by atoms with Crippen LogP contribution in [0.25, 0.3) is 0 Å². The lowest BCUT2D eigenvalue weighted by molar-refractivity contribution is 0.245. The first kappa shape index (κ1) is 13.9. The third-order valence-electron chi connectivity index (χ3n) is 3.52. The van der Waals surface area contributed by atoms with Gasteiger partial charge in [-0.1, -0.05) is 51.1 Å². The van der Waals surface area contributed by atoms with Gasteiger partial charge in [-0.15, -0.1) is 0 Å². The van der Waals surface area contributed by atoms with Crippen molar-refractivity contribution >= 4 is 8.32 Å². The summed E-state index contributed by atoms with van der Waals surface area (Å²) in [5, 5.41) is 9.28. The van der Waals surface area contributed by atoms with Crippen molar-refractivity contribution in [1.82, 2.24) is 0 Å². The Morgan fingerprint density at radius 3 is 2.06 bits per heavy atom. The van der Waals surface area contributed by atoms with Gasteiger partial charge in [-0.05, 0) is 23.7 Å². The molecule has 0 saturated carbocycles. The van der Waals surface area contributed by atoms with Gasteiger partial charge in [0.25, 0.3) is 0 Å². The van der Waals surface area contributed by atoms with E-state index in [1.165, 1.54) is 0 Å². The first-order chi connectivity index (χ1) is 8.21. The van der Waals surface area contributed by atoms with E-state index in [2.05, 4.69) is 26.8 Å². The highest BCUT2D eigenvalue weighted by molar-refractivity contribution is 6.73. The van der Waals surface area contributed by atoms with Crippen molar-refractivity contribution in [2.45, 2.75) is 45.0 Å². The van der Waals surface area contributed by atoms with E-state index in [-0.39, 0.29) is 0 Å². The molecule has 92 valence electrons. The van der Waals surface area contributed by atoms with E-state index in [0.717, 1.165) is 23.7 Å². The molecule has 1 aromatic carbocycles. The molecule has 1 aromatic rings. The Morgan fingerprint density at radius 1 is 1.12 bits per heavy atom. The molecule has 0 amide bonds. The van der Waals surface area contributed by atoms with E-state index < -0.39 is 14.4 Å². The summed E-state index contributed by atoms with van der Waals surface area (Å²) in [6, 6.07) is 15.3. The Kier molecular flexibility index (Phi) is 5.40. The van der Waals surface area contributed by atoms with Crippen LogP contribution >= 0.6 is 0 Å². The lowest BCUT2D eigenvalue weighted by atomic mass is 10.1. The zero-order chi connectivity index (χ0) is 12.7. The van der Waals surface area contributed by atoms with Crippen LogP contribution in [-0.4, -0.2) is 8.32 Å². The average molecular weight is 247 g/mol. The summed E-state index contributed by atoms with van der Waals surface area (Å²) in [6.45, 7) is 6.54. The molecule has 0 saturated heterocycles. The van der Waals surface area contributed by atoms with Gasteiger partial charge in [0.05, 0.1) is 6.07 Å². The second-order valence-corrected chi connectivity index (χ2v) is 9.00. The van der Waals surface area contributed by atoms with Gasteiger partial charge in [-0.2, -0.15) is 5.26 Å². The molecule has 0 aromatic heterocycles. The number of nitrogens with zero attached hydrogens (tertiary/aromatic N) is 1. The van der Waals surface area contributed by atoms with Crippen LogP contribution in [0.4, 0.5) is 0 Å². The monoisotopic (exact) mass is 247 g/mol. The Balaban J connectivity index is 2.87. The van der Waals surface area contributed by atoms with Crippen molar-refractivity contribution in [2.24, 2.45) is 0 Å². The molecule has 0 radical (unpaired) electrons. The molecule has 0 aliphatic carbocycles. The maximum absolute atomic E-state index is 9.28. The fourth-order valence-corrected chi connectivity index (χ4v) is 4.74. The van der Waals surface area contributed by atoms with Crippen molar-refractivity contribution in [1.29, 1.82) is 5.26 Å². The summed E-state index contributed by atoms with van der Waals surface area (Å²) < 4.78 is 6.20. The van der Waals surface area contributed by atoms with Crippen LogP contribution in [0.2, 0.25) is 18.1 Å². The quantitative estimate of drug-likeness (QED) is 0.703. The SMILES string of the molecule is CC[Si](CC)(CC)OC(C#N)c1ccccc1. The van der Waals surface area contributed by atoms with Crippen molar-refractivity contribution in [3.05, 3.63) is 35.9 Å². The summed E-state index contributed by atoms with van der Waals surface area (Å²) in [7, 11) is -1.71. The van der Waals surface area contributed by atoms with Gasteiger partial charge in [-0.3, -0.25) is 0 Å². The van der Waals surface area contributed by atoms with Crippen LogP contribution in [0.5, 0.6) is 0 Å². The van der Waals surface area contributed by atoms with E-state index >= 15 is 0 Å². The van der Waals surface area contributed by atoms with Crippen molar-refractivity contribution in [3.63, 3.8) is 0 Å². The Labute approximate surface area is 105 Å². The van der Waals surface area contributed by atoms with E-state index in [1.54, 1.807) is 0 Å². The van der Waals surface area contributed by atoms with Gasteiger partial charge in [-0.25, -0.2) is 0 Å². The first-order valence-electron chi connectivity index (χ1n) is 6.33. The van der Waals surface area contributed by atoms with Gasteiger partial charge in [0.2, 0.25) is 0 Å². The fourth-order valence-electron chi connectivity index (χ4n) is 2.05. The summed E-state index contributed by atoms with van der Waals surface area (Å²) >= 11 is 0. The standard InChI is InChI=1S/C14H21NOSi/c1-4-17(5-2,6-3)16-14(12-15)13-10-8-7-9-11-13/h7-11,14H,4-6H2,1-3H3. The molecule has 0 aliphatic rings. The number of hydrogen-bond donors (Lipinski definition) is 0. The van der Waals surface area contributed by atoms with Crippen LogP contribution in [0.15, 0.2) is 30.3 Å². The first-order valence-corrected chi connectivity index (χ1v) is 8.86. The maximum Gasteiger partial charge on any atom is 0.194 e. The van der Waals surface area contributed by atoms with Crippen molar-refractivity contribution in [3.8, 4) is 6.07 Å². The number of rotatable bonds is 6. The summed E-state index contributed by atoms with van der Waals surface area (Å²) in [4.78, 5) is 0. The van der Waals surface area contributed by atoms with Crippen molar-refractivity contribution < 1.29 is 4.43 Å².